The summed E-state index contributed by atoms with van der Waals surface area (Å²) in [4.78, 5) is 15.0. The van der Waals surface area contributed by atoms with Gasteiger partial charge in [-0.1, -0.05) is 36.4 Å². The largest absolute Gasteiger partial charge is 0.494 e. The number of hydrogen-bond donors (Lipinski definition) is 1. The summed E-state index contributed by atoms with van der Waals surface area (Å²) in [6.45, 7) is 4.46. The van der Waals surface area contributed by atoms with Crippen molar-refractivity contribution in [3.05, 3.63) is 89.5 Å². The van der Waals surface area contributed by atoms with Gasteiger partial charge >= 0.3 is 0 Å². The fourth-order valence-electron chi connectivity index (χ4n) is 3.79. The van der Waals surface area contributed by atoms with Crippen LogP contribution in [0.3, 0.4) is 0 Å². The molecule has 0 spiro atoms. The number of aryl methyl sites for hydroxylation is 1. The number of benzene rings is 3. The summed E-state index contributed by atoms with van der Waals surface area (Å²) in [7, 11) is 0. The Morgan fingerprint density at radius 3 is 2.69 bits per heavy atom. The molecule has 0 aromatic heterocycles. The number of fused-ring (bicyclic) bond motifs is 1. The van der Waals surface area contributed by atoms with E-state index in [-0.39, 0.29) is 5.91 Å². The van der Waals surface area contributed by atoms with Crippen molar-refractivity contribution in [1.29, 1.82) is 0 Å². The molecule has 0 fully saturated rings. The van der Waals surface area contributed by atoms with Crippen molar-refractivity contribution in [1.82, 2.24) is 0 Å². The third kappa shape index (κ3) is 4.60. The Labute approximate surface area is 172 Å². The van der Waals surface area contributed by atoms with E-state index in [0.29, 0.717) is 12.2 Å². The molecule has 0 saturated heterocycles. The normalized spacial score (nSPS) is 12.9. The Kier molecular flexibility index (Phi) is 5.80. The molecule has 1 heterocycles. The second-order valence-corrected chi connectivity index (χ2v) is 7.27. The summed E-state index contributed by atoms with van der Waals surface area (Å²) in [6.07, 6.45) is 2.33. The van der Waals surface area contributed by atoms with Gasteiger partial charge in [-0.3, -0.25) is 4.79 Å². The van der Waals surface area contributed by atoms with E-state index in [1.165, 1.54) is 23.2 Å². The van der Waals surface area contributed by atoms with Gasteiger partial charge in [-0.15, -0.1) is 0 Å². The molecule has 0 bridgehead atoms. The monoisotopic (exact) mass is 386 g/mol. The van der Waals surface area contributed by atoms with Gasteiger partial charge in [0.2, 0.25) is 0 Å². The molecule has 1 amide bonds. The second kappa shape index (κ2) is 8.82. The van der Waals surface area contributed by atoms with Gasteiger partial charge in [-0.25, -0.2) is 0 Å². The summed E-state index contributed by atoms with van der Waals surface area (Å²) in [5.74, 6) is 0.635. The van der Waals surface area contributed by atoms with Crippen LogP contribution < -0.4 is 15.0 Å². The number of nitrogens with zero attached hydrogens (tertiary/aromatic N) is 1. The van der Waals surface area contributed by atoms with Crippen LogP contribution in [0.4, 0.5) is 11.4 Å². The molecule has 0 aliphatic carbocycles. The molecule has 3 aromatic carbocycles. The number of carbonyl (C=O) groups is 1. The molecule has 1 aliphatic rings. The number of rotatable bonds is 6. The van der Waals surface area contributed by atoms with Gasteiger partial charge in [0.25, 0.3) is 5.91 Å². The first-order valence-electron chi connectivity index (χ1n) is 10.2. The summed E-state index contributed by atoms with van der Waals surface area (Å²) < 4.78 is 5.49. The Bertz CT molecular complexity index is 982. The first-order valence-corrected chi connectivity index (χ1v) is 10.2. The minimum absolute atomic E-state index is 0.117. The van der Waals surface area contributed by atoms with E-state index in [4.69, 9.17) is 4.74 Å². The van der Waals surface area contributed by atoms with E-state index >= 15 is 0 Å². The Hall–Kier alpha value is -3.27. The molecular weight excluding hydrogens is 360 g/mol. The van der Waals surface area contributed by atoms with Crippen molar-refractivity contribution >= 4 is 17.3 Å². The van der Waals surface area contributed by atoms with Crippen molar-refractivity contribution in [3.63, 3.8) is 0 Å². The minimum atomic E-state index is -0.117. The van der Waals surface area contributed by atoms with Gasteiger partial charge in [0.1, 0.15) is 5.75 Å². The highest BCUT2D eigenvalue weighted by molar-refractivity contribution is 6.04. The molecule has 0 radical (unpaired) electrons. The maximum absolute atomic E-state index is 12.6. The summed E-state index contributed by atoms with van der Waals surface area (Å²) in [6, 6.07) is 24.0. The fraction of sp³-hybridized carbons (Fsp3) is 0.240. The molecule has 0 unspecified atom stereocenters. The average molecular weight is 386 g/mol. The predicted octanol–water partition coefficient (Wildman–Crippen LogP) is 5.29. The lowest BCUT2D eigenvalue weighted by atomic mass is 10.0. The molecule has 1 aliphatic heterocycles. The van der Waals surface area contributed by atoms with Gasteiger partial charge in [-0.2, -0.15) is 0 Å². The quantitative estimate of drug-likeness (QED) is 0.626. The highest BCUT2D eigenvalue weighted by atomic mass is 16.5. The first kappa shape index (κ1) is 19.1. The molecule has 3 aromatic rings. The van der Waals surface area contributed by atoms with E-state index in [0.717, 1.165) is 30.9 Å². The van der Waals surface area contributed by atoms with Crippen LogP contribution in [0.5, 0.6) is 5.75 Å². The van der Waals surface area contributed by atoms with Gasteiger partial charge in [-0.05, 0) is 61.2 Å². The fourth-order valence-corrected chi connectivity index (χ4v) is 3.79. The maximum atomic E-state index is 12.6. The maximum Gasteiger partial charge on any atom is 0.255 e. The Morgan fingerprint density at radius 1 is 1.03 bits per heavy atom. The lowest BCUT2D eigenvalue weighted by molar-refractivity contribution is 0.102. The average Bonchev–Trinajstić information content (AvgIpc) is 2.75. The number of ether oxygens (including phenoxy) is 1. The van der Waals surface area contributed by atoms with E-state index in [9.17, 15) is 4.79 Å². The third-order valence-corrected chi connectivity index (χ3v) is 5.20. The number of para-hydroxylation sites is 1. The molecule has 29 heavy (non-hydrogen) atoms. The van der Waals surface area contributed by atoms with Gasteiger partial charge in [0, 0.05) is 36.1 Å². The Balaban J connectivity index is 1.42. The van der Waals surface area contributed by atoms with Gasteiger partial charge < -0.3 is 15.0 Å². The summed E-state index contributed by atoms with van der Waals surface area (Å²) in [5, 5.41) is 2.94. The second-order valence-electron chi connectivity index (χ2n) is 7.27. The van der Waals surface area contributed by atoms with Crippen molar-refractivity contribution in [2.45, 2.75) is 26.3 Å². The van der Waals surface area contributed by atoms with Crippen LogP contribution in [-0.4, -0.2) is 19.1 Å². The molecule has 1 N–H and O–H groups in total. The summed E-state index contributed by atoms with van der Waals surface area (Å²) in [5.41, 5.74) is 5.33. The minimum Gasteiger partial charge on any atom is -0.494 e. The first-order chi connectivity index (χ1) is 14.2. The van der Waals surface area contributed by atoms with E-state index in [1.807, 2.05) is 55.5 Å². The zero-order valence-electron chi connectivity index (χ0n) is 16.7. The molecular formula is C25H26N2O2. The highest BCUT2D eigenvalue weighted by Crippen LogP contribution is 2.28. The number of anilines is 2. The number of amides is 1. The van der Waals surface area contributed by atoms with Crippen molar-refractivity contribution in [2.24, 2.45) is 0 Å². The number of carbonyl (C=O) groups excluding carboxylic acids is 1. The van der Waals surface area contributed by atoms with Crippen molar-refractivity contribution in [3.8, 4) is 5.75 Å². The molecule has 0 atom stereocenters. The standard InChI is InChI=1S/C25H26N2O2/c1-2-29-23-10-5-9-22(17-23)26-25(28)21-14-12-19(13-15-21)18-27-16-6-8-20-7-3-4-11-24(20)27/h3-5,7,9-15,17H,2,6,8,16,18H2,1H3,(H,26,28). The zero-order chi connectivity index (χ0) is 20.1. The van der Waals surface area contributed by atoms with Gasteiger partial charge in [0.05, 0.1) is 6.61 Å². The van der Waals surface area contributed by atoms with E-state index in [2.05, 4.69) is 34.5 Å². The van der Waals surface area contributed by atoms with Crippen molar-refractivity contribution < 1.29 is 9.53 Å². The summed E-state index contributed by atoms with van der Waals surface area (Å²) >= 11 is 0. The van der Waals surface area contributed by atoms with Crippen LogP contribution in [0, 0.1) is 0 Å². The van der Waals surface area contributed by atoms with Crippen LogP contribution in [0.15, 0.2) is 72.8 Å². The van der Waals surface area contributed by atoms with Gasteiger partial charge in [0.15, 0.2) is 0 Å². The Morgan fingerprint density at radius 2 is 1.86 bits per heavy atom. The third-order valence-electron chi connectivity index (χ3n) is 5.20. The predicted molar refractivity (Wildman–Crippen MR) is 118 cm³/mol. The van der Waals surface area contributed by atoms with Crippen LogP contribution in [0.25, 0.3) is 0 Å². The topological polar surface area (TPSA) is 41.6 Å². The lowest BCUT2D eigenvalue weighted by Crippen LogP contribution is -2.28. The van der Waals surface area contributed by atoms with Crippen LogP contribution >= 0.6 is 0 Å². The van der Waals surface area contributed by atoms with E-state index in [1.54, 1.807) is 0 Å². The molecule has 0 saturated carbocycles. The molecule has 4 rings (SSSR count). The highest BCUT2D eigenvalue weighted by Gasteiger charge is 2.16. The lowest BCUT2D eigenvalue weighted by Gasteiger charge is -2.31. The van der Waals surface area contributed by atoms with Crippen LogP contribution in [-0.2, 0) is 13.0 Å². The van der Waals surface area contributed by atoms with Crippen molar-refractivity contribution in [2.75, 3.05) is 23.4 Å². The molecule has 4 heteroatoms. The molecule has 4 nitrogen and oxygen atoms in total. The van der Waals surface area contributed by atoms with E-state index < -0.39 is 0 Å². The SMILES string of the molecule is CCOc1cccc(NC(=O)c2ccc(CN3CCCc4ccccc43)cc2)c1. The number of nitrogens with one attached hydrogen (secondary N) is 1. The number of hydrogen-bond acceptors (Lipinski definition) is 3. The smallest absolute Gasteiger partial charge is 0.255 e. The van der Waals surface area contributed by atoms with Crippen LogP contribution in [0.1, 0.15) is 34.8 Å². The zero-order valence-corrected chi connectivity index (χ0v) is 16.7. The molecule has 148 valence electrons. The van der Waals surface area contributed by atoms with Crippen LogP contribution in [0.2, 0.25) is 0 Å².